The Labute approximate surface area is 179 Å². The maximum Gasteiger partial charge on any atom is 0.430 e. The Balaban J connectivity index is 1.77. The zero-order valence-corrected chi connectivity index (χ0v) is 18.0. The van der Waals surface area contributed by atoms with Gasteiger partial charge in [-0.05, 0) is 40.7 Å². The lowest BCUT2D eigenvalue weighted by Gasteiger charge is -2.40. The van der Waals surface area contributed by atoms with Crippen molar-refractivity contribution in [3.8, 4) is 0 Å². The van der Waals surface area contributed by atoms with Gasteiger partial charge in [-0.25, -0.2) is 0 Å². The number of aromatic nitrogens is 1. The monoisotopic (exact) mass is 438 g/mol. The highest BCUT2D eigenvalue weighted by Gasteiger charge is 2.38. The molecular formula is C23H21F3N4Si. The van der Waals surface area contributed by atoms with Gasteiger partial charge >= 0.3 is 6.18 Å². The summed E-state index contributed by atoms with van der Waals surface area (Å²) in [4.78, 5) is 6.36. The second-order valence-electron chi connectivity index (χ2n) is 7.91. The number of nitrogens with zero attached hydrogens (tertiary/aromatic N) is 2. The third-order valence-electron chi connectivity index (χ3n) is 5.55. The topological polar surface area (TPSA) is 66.0 Å². The smallest absolute Gasteiger partial charge is 0.395 e. The molecule has 0 aliphatic carbocycles. The maximum atomic E-state index is 12.7. The number of fused-ring (bicyclic) bond motifs is 2. The van der Waals surface area contributed by atoms with Crippen molar-refractivity contribution in [3.63, 3.8) is 0 Å². The number of nitrogens with one attached hydrogen (secondary N) is 1. The molecule has 1 aromatic heterocycles. The number of anilines is 3. The van der Waals surface area contributed by atoms with Crippen molar-refractivity contribution in [2.75, 3.05) is 4.90 Å². The number of nitrogens with two attached hydrogens (primary N) is 1. The molecule has 4 rings (SSSR count). The lowest BCUT2D eigenvalue weighted by Crippen LogP contribution is -2.58. The van der Waals surface area contributed by atoms with Gasteiger partial charge in [-0.2, -0.15) is 13.2 Å². The Kier molecular flexibility index (Phi) is 4.97. The molecule has 31 heavy (non-hydrogen) atoms. The fourth-order valence-corrected chi connectivity index (χ4v) is 6.92. The summed E-state index contributed by atoms with van der Waals surface area (Å²) < 4.78 is 38.0. The average Bonchev–Trinajstić information content (AvgIpc) is 2.74. The number of rotatable bonds is 3. The molecule has 8 heteroatoms. The first kappa shape index (κ1) is 20.9. The van der Waals surface area contributed by atoms with Crippen molar-refractivity contribution in [2.45, 2.75) is 19.3 Å². The summed E-state index contributed by atoms with van der Waals surface area (Å²) in [5.74, 6) is 0. The van der Waals surface area contributed by atoms with Crippen LogP contribution < -0.4 is 21.0 Å². The van der Waals surface area contributed by atoms with Gasteiger partial charge in [-0.3, -0.25) is 10.4 Å². The van der Waals surface area contributed by atoms with E-state index in [0.717, 1.165) is 17.1 Å². The summed E-state index contributed by atoms with van der Waals surface area (Å²) in [7, 11) is -1.90. The molecule has 1 aliphatic rings. The highest BCUT2D eigenvalue weighted by molar-refractivity contribution is 7.02. The molecular weight excluding hydrogens is 417 g/mol. The molecule has 0 spiro atoms. The van der Waals surface area contributed by atoms with Crippen LogP contribution in [-0.2, 0) is 0 Å². The third-order valence-corrected chi connectivity index (χ3v) is 9.08. The molecule has 0 amide bonds. The summed E-state index contributed by atoms with van der Waals surface area (Å²) in [6.07, 6.45) is -2.51. The van der Waals surface area contributed by atoms with Crippen LogP contribution in [0.1, 0.15) is 5.69 Å². The van der Waals surface area contributed by atoms with E-state index in [1.807, 2.05) is 24.3 Å². The van der Waals surface area contributed by atoms with E-state index in [1.165, 1.54) is 10.4 Å². The minimum Gasteiger partial charge on any atom is -0.395 e. The molecule has 0 saturated heterocycles. The van der Waals surface area contributed by atoms with Crippen LogP contribution in [0, 0.1) is 5.41 Å². The Morgan fingerprint density at radius 1 is 0.968 bits per heavy atom. The summed E-state index contributed by atoms with van der Waals surface area (Å²) >= 11 is 0. The van der Waals surface area contributed by atoms with Crippen molar-refractivity contribution in [1.29, 1.82) is 5.41 Å². The Morgan fingerprint density at radius 3 is 2.00 bits per heavy atom. The predicted molar refractivity (Wildman–Crippen MR) is 121 cm³/mol. The van der Waals surface area contributed by atoms with Crippen molar-refractivity contribution in [3.05, 3.63) is 84.3 Å². The Hall–Kier alpha value is -3.39. The minimum atomic E-state index is -4.68. The average molecular weight is 439 g/mol. The van der Waals surface area contributed by atoms with Crippen LogP contribution in [-0.4, -0.2) is 24.9 Å². The number of hydrogen-bond donors (Lipinski definition) is 2. The number of benzene rings is 2. The number of hydrogen-bond acceptors (Lipinski definition) is 4. The summed E-state index contributed by atoms with van der Waals surface area (Å²) in [6.45, 7) is 4.64. The molecule has 0 radical (unpaired) electrons. The molecule has 0 fully saturated rings. The fraction of sp³-hybridized carbons (Fsp3) is 0.130. The first-order valence-corrected chi connectivity index (χ1v) is 12.7. The second-order valence-corrected chi connectivity index (χ2v) is 12.2. The molecule has 2 heterocycles. The largest absolute Gasteiger partial charge is 0.430 e. The van der Waals surface area contributed by atoms with E-state index in [9.17, 15) is 13.2 Å². The van der Waals surface area contributed by atoms with Crippen molar-refractivity contribution >= 4 is 41.2 Å². The fourth-order valence-electron chi connectivity index (χ4n) is 3.94. The van der Waals surface area contributed by atoms with Gasteiger partial charge in [-0.1, -0.05) is 49.5 Å². The van der Waals surface area contributed by atoms with Crippen LogP contribution >= 0.6 is 0 Å². The first-order valence-electron chi connectivity index (χ1n) is 9.69. The first-order chi connectivity index (χ1) is 14.6. The van der Waals surface area contributed by atoms with E-state index in [2.05, 4.69) is 47.2 Å². The predicted octanol–water partition coefficient (Wildman–Crippen LogP) is 4.46. The third kappa shape index (κ3) is 3.63. The minimum absolute atomic E-state index is 0.115. The molecule has 3 aromatic rings. The Bertz CT molecular complexity index is 1130. The second kappa shape index (κ2) is 7.38. The lowest BCUT2D eigenvalue weighted by molar-refractivity contribution is -0.0925. The van der Waals surface area contributed by atoms with E-state index in [0.29, 0.717) is 6.08 Å². The molecule has 158 valence electrons. The van der Waals surface area contributed by atoms with E-state index < -0.39 is 25.7 Å². The van der Waals surface area contributed by atoms with Crippen LogP contribution in [0.15, 0.2) is 78.6 Å². The van der Waals surface area contributed by atoms with E-state index in [-0.39, 0.29) is 5.69 Å². The van der Waals surface area contributed by atoms with Gasteiger partial charge in [0.2, 0.25) is 0 Å². The summed E-state index contributed by atoms with van der Waals surface area (Å²) in [5.41, 5.74) is 6.34. The van der Waals surface area contributed by atoms with Crippen molar-refractivity contribution < 1.29 is 13.2 Å². The lowest BCUT2D eigenvalue weighted by atomic mass is 10.1. The highest BCUT2D eigenvalue weighted by Crippen LogP contribution is 2.37. The SMILES string of the molecule is C[Si]1(C)c2ccccc2N(c2ccc(C(=N)C=C(N)C(F)(F)F)nc2)c2ccccc21. The van der Waals surface area contributed by atoms with E-state index >= 15 is 0 Å². The molecule has 4 nitrogen and oxygen atoms in total. The van der Waals surface area contributed by atoms with Gasteiger partial charge in [0.15, 0.2) is 0 Å². The number of para-hydroxylation sites is 2. The number of halogens is 3. The molecule has 0 bridgehead atoms. The van der Waals surface area contributed by atoms with Crippen LogP contribution in [0.3, 0.4) is 0 Å². The number of pyridine rings is 1. The van der Waals surface area contributed by atoms with E-state index in [1.54, 1.807) is 18.3 Å². The van der Waals surface area contributed by atoms with Crippen LogP contribution in [0.2, 0.25) is 13.1 Å². The van der Waals surface area contributed by atoms with Crippen LogP contribution in [0.25, 0.3) is 0 Å². The standard InChI is InChI=1S/C23H21F3N4Si/c1-31(2)20-9-5-3-7-18(20)30(19-8-4-6-10-21(19)31)15-11-12-17(29-14-15)16(27)13-22(28)23(24,25)26/h3-14,27H,28H2,1-2H3. The molecule has 2 aromatic carbocycles. The Morgan fingerprint density at radius 2 is 1.52 bits per heavy atom. The maximum absolute atomic E-state index is 12.7. The van der Waals surface area contributed by atoms with Crippen LogP contribution in [0.5, 0.6) is 0 Å². The van der Waals surface area contributed by atoms with Gasteiger partial charge < -0.3 is 10.6 Å². The number of alkyl halides is 3. The van der Waals surface area contributed by atoms with Gasteiger partial charge in [0.05, 0.1) is 23.3 Å². The van der Waals surface area contributed by atoms with Crippen molar-refractivity contribution in [2.24, 2.45) is 5.73 Å². The molecule has 0 saturated carbocycles. The molecule has 3 N–H and O–H groups in total. The van der Waals surface area contributed by atoms with Gasteiger partial charge in [-0.15, -0.1) is 0 Å². The highest BCUT2D eigenvalue weighted by atomic mass is 28.3. The van der Waals surface area contributed by atoms with Crippen LogP contribution in [0.4, 0.5) is 30.2 Å². The summed E-state index contributed by atoms with van der Waals surface area (Å²) in [6, 6.07) is 19.8. The molecule has 0 unspecified atom stereocenters. The quantitative estimate of drug-likeness (QED) is 0.469. The van der Waals surface area contributed by atoms with Gasteiger partial charge in [0.1, 0.15) is 13.8 Å². The molecule has 0 atom stereocenters. The zero-order valence-electron chi connectivity index (χ0n) is 17.0. The summed E-state index contributed by atoms with van der Waals surface area (Å²) in [5, 5.41) is 10.5. The van der Waals surface area contributed by atoms with Crippen molar-refractivity contribution in [1.82, 2.24) is 4.98 Å². The number of allylic oxidation sites excluding steroid dienone is 2. The normalized spacial score (nSPS) is 15.3. The van der Waals surface area contributed by atoms with Gasteiger partial charge in [0, 0.05) is 11.4 Å². The van der Waals surface area contributed by atoms with E-state index in [4.69, 9.17) is 11.1 Å². The van der Waals surface area contributed by atoms with Gasteiger partial charge in [0.25, 0.3) is 0 Å². The zero-order chi connectivity index (χ0) is 22.4. The molecule has 1 aliphatic heterocycles.